The van der Waals surface area contributed by atoms with E-state index in [0.717, 1.165) is 18.4 Å². The van der Waals surface area contributed by atoms with Crippen LogP contribution in [0.1, 0.15) is 18.4 Å². The molecule has 0 spiro atoms. The Balaban J connectivity index is 1.99. The zero-order chi connectivity index (χ0) is 14.8. The van der Waals surface area contributed by atoms with Crippen molar-refractivity contribution < 1.29 is 4.92 Å². The van der Waals surface area contributed by atoms with Crippen LogP contribution < -0.4 is 10.2 Å². The van der Waals surface area contributed by atoms with Crippen molar-refractivity contribution in [3.05, 3.63) is 38.7 Å². The summed E-state index contributed by atoms with van der Waals surface area (Å²) < 4.78 is 0. The summed E-state index contributed by atoms with van der Waals surface area (Å²) in [5, 5.41) is 18.2. The first-order valence-electron chi connectivity index (χ1n) is 6.66. The molecule has 0 unspecified atom stereocenters. The van der Waals surface area contributed by atoms with E-state index in [1.165, 1.54) is 6.20 Å². The van der Waals surface area contributed by atoms with Gasteiger partial charge < -0.3 is 10.2 Å². The summed E-state index contributed by atoms with van der Waals surface area (Å²) in [6, 6.07) is 2.36. The Morgan fingerprint density at radius 2 is 2.38 bits per heavy atom. The van der Waals surface area contributed by atoms with Crippen molar-refractivity contribution in [1.29, 1.82) is 0 Å². The quantitative estimate of drug-likeness (QED) is 0.652. The Morgan fingerprint density at radius 3 is 2.95 bits per heavy atom. The fraction of sp³-hybridized carbons (Fsp3) is 0.385. The molecular formula is C13H15N5O2S. The van der Waals surface area contributed by atoms with Gasteiger partial charge in [-0.2, -0.15) is 16.3 Å². The van der Waals surface area contributed by atoms with E-state index < -0.39 is 4.92 Å². The van der Waals surface area contributed by atoms with Gasteiger partial charge in [0.1, 0.15) is 6.20 Å². The number of thiophene rings is 1. The van der Waals surface area contributed by atoms with Crippen LogP contribution in [0.5, 0.6) is 0 Å². The zero-order valence-electron chi connectivity index (χ0n) is 11.5. The number of anilines is 2. The van der Waals surface area contributed by atoms with E-state index in [-0.39, 0.29) is 5.69 Å². The Morgan fingerprint density at radius 1 is 1.57 bits per heavy atom. The molecule has 1 aliphatic carbocycles. The summed E-state index contributed by atoms with van der Waals surface area (Å²) in [7, 11) is 1.70. The molecule has 1 fully saturated rings. The Labute approximate surface area is 125 Å². The highest BCUT2D eigenvalue weighted by Crippen LogP contribution is 2.37. The van der Waals surface area contributed by atoms with E-state index in [0.29, 0.717) is 24.4 Å². The van der Waals surface area contributed by atoms with Crippen LogP contribution in [-0.4, -0.2) is 28.0 Å². The molecule has 8 heteroatoms. The van der Waals surface area contributed by atoms with E-state index in [4.69, 9.17) is 0 Å². The highest BCUT2D eigenvalue weighted by Gasteiger charge is 2.34. The molecule has 1 aliphatic rings. The third kappa shape index (κ3) is 2.94. The second kappa shape index (κ2) is 5.65. The lowest BCUT2D eigenvalue weighted by molar-refractivity contribution is -0.384. The summed E-state index contributed by atoms with van der Waals surface area (Å²) in [6.45, 7) is 0.634. The van der Waals surface area contributed by atoms with Gasteiger partial charge in [0.15, 0.2) is 0 Å². The van der Waals surface area contributed by atoms with Gasteiger partial charge in [0.2, 0.25) is 11.8 Å². The normalized spacial score (nSPS) is 14.0. The third-order valence-corrected chi connectivity index (χ3v) is 4.10. The van der Waals surface area contributed by atoms with Crippen molar-refractivity contribution in [1.82, 2.24) is 9.97 Å². The molecule has 0 aliphatic heterocycles. The number of nitrogens with zero attached hydrogens (tertiary/aromatic N) is 4. The minimum Gasteiger partial charge on any atom is -0.357 e. The molecular weight excluding hydrogens is 290 g/mol. The summed E-state index contributed by atoms with van der Waals surface area (Å²) in [5.41, 5.74) is 1.10. The molecule has 2 aromatic heterocycles. The van der Waals surface area contributed by atoms with Crippen molar-refractivity contribution >= 4 is 28.8 Å². The Hall–Kier alpha value is -2.22. The summed E-state index contributed by atoms with van der Waals surface area (Å²) in [5.74, 6) is 0.791. The molecule has 0 saturated heterocycles. The molecule has 1 N–H and O–H groups in total. The van der Waals surface area contributed by atoms with Gasteiger partial charge in [0.25, 0.3) is 0 Å². The van der Waals surface area contributed by atoms with Gasteiger partial charge in [-0.3, -0.25) is 10.1 Å². The maximum atomic E-state index is 11.3. The molecule has 2 aromatic rings. The Bertz CT molecular complexity index is 642. The molecule has 2 heterocycles. The van der Waals surface area contributed by atoms with Gasteiger partial charge in [-0.05, 0) is 35.2 Å². The summed E-state index contributed by atoms with van der Waals surface area (Å²) in [4.78, 5) is 21.1. The first-order valence-corrected chi connectivity index (χ1v) is 7.60. The number of hydrogen-bond donors (Lipinski definition) is 1. The van der Waals surface area contributed by atoms with Gasteiger partial charge >= 0.3 is 5.69 Å². The number of hydrogen-bond acceptors (Lipinski definition) is 7. The van der Waals surface area contributed by atoms with Crippen LogP contribution in [0.4, 0.5) is 17.5 Å². The molecule has 0 radical (unpaired) electrons. The van der Waals surface area contributed by atoms with Gasteiger partial charge in [-0.1, -0.05) is 0 Å². The van der Waals surface area contributed by atoms with Crippen molar-refractivity contribution in [2.75, 3.05) is 17.3 Å². The molecule has 3 rings (SSSR count). The van der Waals surface area contributed by atoms with Crippen molar-refractivity contribution in [3.63, 3.8) is 0 Å². The number of nitrogens with one attached hydrogen (secondary N) is 1. The lowest BCUT2D eigenvalue weighted by atomic mass is 10.3. The van der Waals surface area contributed by atoms with Crippen LogP contribution in [0.15, 0.2) is 23.0 Å². The molecule has 110 valence electrons. The molecule has 0 amide bonds. The van der Waals surface area contributed by atoms with Crippen LogP contribution in [-0.2, 0) is 6.54 Å². The molecule has 7 nitrogen and oxygen atoms in total. The fourth-order valence-electron chi connectivity index (χ4n) is 2.17. The second-order valence-electron chi connectivity index (χ2n) is 4.90. The lowest BCUT2D eigenvalue weighted by Crippen LogP contribution is -2.27. The lowest BCUT2D eigenvalue weighted by Gasteiger charge is -2.22. The minimum absolute atomic E-state index is 0.0453. The second-order valence-corrected chi connectivity index (χ2v) is 5.68. The van der Waals surface area contributed by atoms with Crippen molar-refractivity contribution in [3.8, 4) is 0 Å². The van der Waals surface area contributed by atoms with Gasteiger partial charge in [0.05, 0.1) is 4.92 Å². The first kappa shape index (κ1) is 13.7. The van der Waals surface area contributed by atoms with Gasteiger partial charge in [0, 0.05) is 19.6 Å². The van der Waals surface area contributed by atoms with Crippen LogP contribution in [0.25, 0.3) is 0 Å². The molecule has 0 aromatic carbocycles. The first-order chi connectivity index (χ1) is 10.2. The number of aromatic nitrogens is 2. The van der Waals surface area contributed by atoms with E-state index in [1.54, 1.807) is 18.4 Å². The average Bonchev–Trinajstić information content (AvgIpc) is 3.20. The maximum Gasteiger partial charge on any atom is 0.329 e. The maximum absolute atomic E-state index is 11.3. The van der Waals surface area contributed by atoms with Crippen LogP contribution in [0.2, 0.25) is 0 Å². The Kier molecular flexibility index (Phi) is 3.70. The third-order valence-electron chi connectivity index (χ3n) is 3.36. The minimum atomic E-state index is -0.419. The van der Waals surface area contributed by atoms with E-state index >= 15 is 0 Å². The average molecular weight is 305 g/mol. The molecule has 21 heavy (non-hydrogen) atoms. The molecule has 0 atom stereocenters. The van der Waals surface area contributed by atoms with Crippen molar-refractivity contribution in [2.24, 2.45) is 0 Å². The van der Waals surface area contributed by atoms with Crippen LogP contribution in [0.3, 0.4) is 0 Å². The summed E-state index contributed by atoms with van der Waals surface area (Å²) >= 11 is 1.62. The van der Waals surface area contributed by atoms with E-state index in [2.05, 4.69) is 20.7 Å². The number of rotatable bonds is 6. The van der Waals surface area contributed by atoms with Crippen LogP contribution in [0, 0.1) is 10.1 Å². The highest BCUT2D eigenvalue weighted by atomic mass is 32.1. The van der Waals surface area contributed by atoms with E-state index in [9.17, 15) is 10.1 Å². The highest BCUT2D eigenvalue weighted by molar-refractivity contribution is 7.07. The standard InChI is InChI=1S/C13H15N5O2S/c1-14-13-15-6-11(18(19)20)12(16-13)17(10-2-3-10)7-9-4-5-21-8-9/h4-6,8,10H,2-3,7H2,1H3,(H,14,15,16). The molecule has 1 saturated carbocycles. The zero-order valence-corrected chi connectivity index (χ0v) is 12.3. The van der Waals surface area contributed by atoms with Gasteiger partial charge in [-0.15, -0.1) is 0 Å². The topological polar surface area (TPSA) is 84.2 Å². The van der Waals surface area contributed by atoms with Crippen LogP contribution >= 0.6 is 11.3 Å². The predicted octanol–water partition coefficient (Wildman–Crippen LogP) is 2.66. The predicted molar refractivity (Wildman–Crippen MR) is 81.8 cm³/mol. The van der Waals surface area contributed by atoms with Crippen molar-refractivity contribution in [2.45, 2.75) is 25.4 Å². The fourth-order valence-corrected chi connectivity index (χ4v) is 2.83. The summed E-state index contributed by atoms with van der Waals surface area (Å²) in [6.07, 6.45) is 3.36. The molecule has 0 bridgehead atoms. The SMILES string of the molecule is CNc1ncc([N+](=O)[O-])c(N(Cc2ccsc2)C2CC2)n1. The van der Waals surface area contributed by atoms with E-state index in [1.807, 2.05) is 16.3 Å². The smallest absolute Gasteiger partial charge is 0.329 e. The number of nitro groups is 1. The largest absolute Gasteiger partial charge is 0.357 e. The van der Waals surface area contributed by atoms with Gasteiger partial charge in [-0.25, -0.2) is 4.98 Å². The monoisotopic (exact) mass is 305 g/mol.